The average molecular weight is 298 g/mol. The molecule has 4 N–H and O–H groups in total. The number of nitrogens with zero attached hydrogens (tertiary/aromatic N) is 1. The van der Waals surface area contributed by atoms with Crippen molar-refractivity contribution in [3.8, 4) is 0 Å². The summed E-state index contributed by atoms with van der Waals surface area (Å²) in [5.74, 6) is -0.457. The fourth-order valence-electron chi connectivity index (χ4n) is 2.47. The van der Waals surface area contributed by atoms with E-state index in [0.717, 1.165) is 6.42 Å². The van der Waals surface area contributed by atoms with Gasteiger partial charge in [-0.1, -0.05) is 27.7 Å². The van der Waals surface area contributed by atoms with Crippen LogP contribution in [0.25, 0.3) is 0 Å². The lowest BCUT2D eigenvalue weighted by atomic mass is 10.0. The van der Waals surface area contributed by atoms with Gasteiger partial charge in [0.25, 0.3) is 0 Å². The van der Waals surface area contributed by atoms with Crippen molar-refractivity contribution in [1.29, 1.82) is 0 Å². The molecular weight excluding hydrogens is 272 g/mol. The molecule has 1 saturated heterocycles. The number of amides is 3. The molecular formula is C14H26N4O3. The van der Waals surface area contributed by atoms with E-state index in [1.54, 1.807) is 4.90 Å². The summed E-state index contributed by atoms with van der Waals surface area (Å²) in [6, 6.07) is -0.249. The van der Waals surface area contributed by atoms with Crippen molar-refractivity contribution in [3.05, 3.63) is 0 Å². The molecule has 1 aliphatic rings. The summed E-state index contributed by atoms with van der Waals surface area (Å²) in [5.41, 5.74) is 4.98. The smallest absolute Gasteiger partial charge is 0.241 e. The molecule has 1 unspecified atom stereocenters. The molecule has 7 heteroatoms. The molecule has 7 nitrogen and oxygen atoms in total. The summed E-state index contributed by atoms with van der Waals surface area (Å²) in [6.45, 7) is 7.84. The summed E-state index contributed by atoms with van der Waals surface area (Å²) in [5, 5.41) is 5.71. The predicted molar refractivity (Wildman–Crippen MR) is 78.9 cm³/mol. The van der Waals surface area contributed by atoms with Crippen LogP contribution in [0, 0.1) is 11.8 Å². The van der Waals surface area contributed by atoms with Crippen LogP contribution in [0.5, 0.6) is 0 Å². The van der Waals surface area contributed by atoms with Gasteiger partial charge in [0.1, 0.15) is 6.54 Å². The largest absolute Gasteiger partial charge is 0.368 e. The number of nitrogens with two attached hydrogens (primary N) is 1. The van der Waals surface area contributed by atoms with Crippen LogP contribution in [-0.4, -0.2) is 47.9 Å². The van der Waals surface area contributed by atoms with Crippen LogP contribution < -0.4 is 16.4 Å². The van der Waals surface area contributed by atoms with Crippen molar-refractivity contribution in [2.45, 2.75) is 46.3 Å². The summed E-state index contributed by atoms with van der Waals surface area (Å²) in [6.07, 6.45) is 0.571. The Labute approximate surface area is 125 Å². The zero-order chi connectivity index (χ0) is 16.2. The van der Waals surface area contributed by atoms with E-state index in [4.69, 9.17) is 5.73 Å². The maximum atomic E-state index is 12.4. The molecule has 1 heterocycles. The van der Waals surface area contributed by atoms with Gasteiger partial charge in [0, 0.05) is 0 Å². The lowest BCUT2D eigenvalue weighted by Crippen LogP contribution is -2.47. The van der Waals surface area contributed by atoms with Gasteiger partial charge in [-0.25, -0.2) is 0 Å². The highest BCUT2D eigenvalue weighted by Crippen LogP contribution is 2.21. The van der Waals surface area contributed by atoms with Crippen molar-refractivity contribution < 1.29 is 14.4 Å². The molecule has 0 radical (unpaired) electrons. The van der Waals surface area contributed by atoms with Crippen LogP contribution >= 0.6 is 0 Å². The third-order valence-corrected chi connectivity index (χ3v) is 3.40. The summed E-state index contributed by atoms with van der Waals surface area (Å²) in [7, 11) is 0. The minimum absolute atomic E-state index is 0.0587. The van der Waals surface area contributed by atoms with E-state index in [1.807, 2.05) is 13.8 Å². The van der Waals surface area contributed by atoms with Crippen LogP contribution in [0.1, 0.15) is 34.1 Å². The van der Waals surface area contributed by atoms with Gasteiger partial charge in [0.15, 0.2) is 0 Å². The number of carbonyl (C=O) groups is 3. The van der Waals surface area contributed by atoms with Gasteiger partial charge >= 0.3 is 0 Å². The number of carbonyl (C=O) groups excluding carboxylic acids is 3. The fraction of sp³-hybridized carbons (Fsp3) is 0.786. The van der Waals surface area contributed by atoms with Crippen LogP contribution in [-0.2, 0) is 14.4 Å². The monoisotopic (exact) mass is 298 g/mol. The number of primary amides is 1. The van der Waals surface area contributed by atoms with E-state index in [0.29, 0.717) is 5.92 Å². The maximum absolute atomic E-state index is 12.4. The first-order valence-electron chi connectivity index (χ1n) is 7.33. The Morgan fingerprint density at radius 1 is 1.33 bits per heavy atom. The minimum atomic E-state index is -0.604. The van der Waals surface area contributed by atoms with Gasteiger partial charge in [-0.3, -0.25) is 19.7 Å². The fourth-order valence-corrected chi connectivity index (χ4v) is 2.47. The molecule has 0 aromatic carbocycles. The van der Waals surface area contributed by atoms with Crippen LogP contribution in [0.15, 0.2) is 0 Å². The van der Waals surface area contributed by atoms with E-state index in [9.17, 15) is 14.4 Å². The molecule has 21 heavy (non-hydrogen) atoms. The predicted octanol–water partition coefficient (Wildman–Crippen LogP) is -0.583. The molecule has 1 rings (SSSR count). The molecule has 1 fully saturated rings. The summed E-state index contributed by atoms with van der Waals surface area (Å²) < 4.78 is 0. The number of rotatable bonds is 7. The zero-order valence-corrected chi connectivity index (χ0v) is 13.2. The number of hydrogen-bond donors (Lipinski definition) is 3. The Morgan fingerprint density at radius 2 is 1.95 bits per heavy atom. The summed E-state index contributed by atoms with van der Waals surface area (Å²) in [4.78, 5) is 36.4. The maximum Gasteiger partial charge on any atom is 0.241 e. The molecule has 0 aromatic heterocycles. The Bertz CT molecular complexity index is 409. The highest BCUT2D eigenvalue weighted by Gasteiger charge is 2.40. The molecule has 0 saturated carbocycles. The van der Waals surface area contributed by atoms with Crippen molar-refractivity contribution >= 4 is 17.7 Å². The van der Waals surface area contributed by atoms with E-state index in [1.165, 1.54) is 0 Å². The Hall–Kier alpha value is -1.63. The lowest BCUT2D eigenvalue weighted by Gasteiger charge is -2.26. The highest BCUT2D eigenvalue weighted by atomic mass is 16.2. The Morgan fingerprint density at radius 3 is 2.43 bits per heavy atom. The zero-order valence-electron chi connectivity index (χ0n) is 13.2. The second-order valence-electron chi connectivity index (χ2n) is 6.25. The van der Waals surface area contributed by atoms with E-state index < -0.39 is 5.91 Å². The van der Waals surface area contributed by atoms with Gasteiger partial charge < -0.3 is 16.0 Å². The average Bonchev–Trinajstić information content (AvgIpc) is 2.65. The van der Waals surface area contributed by atoms with Gasteiger partial charge in [-0.05, 0) is 18.3 Å². The van der Waals surface area contributed by atoms with Gasteiger partial charge in [-0.2, -0.15) is 0 Å². The molecule has 1 aliphatic heterocycles. The van der Waals surface area contributed by atoms with Crippen molar-refractivity contribution in [3.63, 3.8) is 0 Å². The van der Waals surface area contributed by atoms with Crippen LogP contribution in [0.2, 0.25) is 0 Å². The third-order valence-electron chi connectivity index (χ3n) is 3.40. The summed E-state index contributed by atoms with van der Waals surface area (Å²) >= 11 is 0. The second-order valence-corrected chi connectivity index (χ2v) is 6.25. The lowest BCUT2D eigenvalue weighted by molar-refractivity contribution is -0.136. The van der Waals surface area contributed by atoms with Gasteiger partial charge in [-0.15, -0.1) is 0 Å². The van der Waals surface area contributed by atoms with E-state index in [-0.39, 0.29) is 43.0 Å². The normalized spacial score (nSPS) is 22.2. The number of hydrogen-bond acceptors (Lipinski definition) is 4. The number of nitrogens with one attached hydrogen (secondary N) is 2. The molecule has 3 amide bonds. The Balaban J connectivity index is 2.69. The molecule has 0 spiro atoms. The first-order valence-corrected chi connectivity index (χ1v) is 7.33. The van der Waals surface area contributed by atoms with Crippen molar-refractivity contribution in [2.75, 3.05) is 13.1 Å². The molecule has 120 valence electrons. The molecule has 2 atom stereocenters. The quantitative estimate of drug-likeness (QED) is 0.584. The van der Waals surface area contributed by atoms with Crippen LogP contribution in [0.4, 0.5) is 0 Å². The minimum Gasteiger partial charge on any atom is -0.368 e. The standard InChI is InChI=1S/C14H26N4O3/c1-8(2)5-10-14(21)18(13(17-10)9(3)4)7-12(20)16-6-11(15)19/h8-10,13,17H,5-7H2,1-4H3,(H2,15,19)(H,16,20)/t10-,13?/m0/s1. The SMILES string of the molecule is CC(C)C[C@@H]1NC(C(C)C)N(CC(=O)NCC(N)=O)C1=O. The van der Waals surface area contributed by atoms with Gasteiger partial charge in [0.2, 0.25) is 17.7 Å². The Kier molecular flexibility index (Phi) is 6.14. The van der Waals surface area contributed by atoms with Crippen molar-refractivity contribution in [1.82, 2.24) is 15.5 Å². The van der Waals surface area contributed by atoms with Crippen LogP contribution in [0.3, 0.4) is 0 Å². The van der Waals surface area contributed by atoms with Gasteiger partial charge in [0.05, 0.1) is 18.8 Å². The topological polar surface area (TPSA) is 105 Å². The van der Waals surface area contributed by atoms with E-state index >= 15 is 0 Å². The second kappa shape index (κ2) is 7.40. The molecule has 0 aromatic rings. The first kappa shape index (κ1) is 17.4. The molecule has 0 bridgehead atoms. The first-order chi connectivity index (χ1) is 9.72. The highest BCUT2D eigenvalue weighted by molar-refractivity contribution is 5.90. The van der Waals surface area contributed by atoms with E-state index in [2.05, 4.69) is 24.5 Å². The molecule has 0 aliphatic carbocycles. The van der Waals surface area contributed by atoms with Crippen molar-refractivity contribution in [2.24, 2.45) is 17.6 Å². The third kappa shape index (κ3) is 5.00.